The molecule has 0 radical (unpaired) electrons. The van der Waals surface area contributed by atoms with Gasteiger partial charge in [-0.1, -0.05) is 29.6 Å². The standard InChI is InChI=1S/C25H25ClN4O3S/c26-19-9-15(12-27-23(19)32-13-14-3-1-2-4-14)30-20-11-21-17(10-18(20)25(7-8-25)24(30)31)22(28-33-21)29-34-16-5-6-16/h9-12,14,16H,1-8,13H2,(H,28,29). The maximum atomic E-state index is 13.6. The number of anilines is 3. The molecule has 1 aliphatic heterocycles. The minimum absolute atomic E-state index is 0.0717. The zero-order valence-corrected chi connectivity index (χ0v) is 20.3. The second-order valence-corrected chi connectivity index (χ2v) is 11.5. The number of nitrogens with zero attached hydrogens (tertiary/aromatic N) is 3. The van der Waals surface area contributed by atoms with E-state index < -0.39 is 5.41 Å². The molecule has 4 aliphatic rings. The number of pyridine rings is 1. The number of hydrogen-bond donors (Lipinski definition) is 1. The summed E-state index contributed by atoms with van der Waals surface area (Å²) < 4.78 is 14.9. The number of benzene rings is 1. The van der Waals surface area contributed by atoms with Gasteiger partial charge in [-0.2, -0.15) is 0 Å². The third kappa shape index (κ3) is 3.37. The summed E-state index contributed by atoms with van der Waals surface area (Å²) in [6.07, 6.45) is 10.8. The Balaban J connectivity index is 1.21. The molecule has 176 valence electrons. The highest BCUT2D eigenvalue weighted by Crippen LogP contribution is 2.60. The summed E-state index contributed by atoms with van der Waals surface area (Å²) in [6, 6.07) is 5.79. The maximum Gasteiger partial charge on any atom is 0.242 e. The second-order valence-electron chi connectivity index (χ2n) is 9.98. The normalized spacial score (nSPS) is 21.0. The van der Waals surface area contributed by atoms with Crippen LogP contribution in [0.5, 0.6) is 5.88 Å². The zero-order valence-electron chi connectivity index (χ0n) is 18.7. The monoisotopic (exact) mass is 496 g/mol. The number of aromatic nitrogens is 2. The first-order chi connectivity index (χ1) is 16.6. The van der Waals surface area contributed by atoms with Gasteiger partial charge in [0.15, 0.2) is 11.4 Å². The highest BCUT2D eigenvalue weighted by molar-refractivity contribution is 8.01. The molecule has 0 bridgehead atoms. The zero-order chi connectivity index (χ0) is 22.9. The molecule has 1 spiro atoms. The molecule has 3 saturated carbocycles. The Morgan fingerprint density at radius 1 is 1.21 bits per heavy atom. The first kappa shape index (κ1) is 20.9. The number of hydrogen-bond acceptors (Lipinski definition) is 7. The van der Waals surface area contributed by atoms with Crippen LogP contribution in [-0.2, 0) is 10.2 Å². The van der Waals surface area contributed by atoms with Crippen LogP contribution >= 0.6 is 23.5 Å². The van der Waals surface area contributed by atoms with Crippen LogP contribution in [0.1, 0.15) is 56.9 Å². The van der Waals surface area contributed by atoms with E-state index in [2.05, 4.69) is 20.9 Å². The lowest BCUT2D eigenvalue weighted by Crippen LogP contribution is -2.28. The largest absolute Gasteiger partial charge is 0.476 e. The topological polar surface area (TPSA) is 80.5 Å². The molecule has 0 saturated heterocycles. The minimum atomic E-state index is -0.466. The van der Waals surface area contributed by atoms with Crippen molar-refractivity contribution in [3.05, 3.63) is 35.0 Å². The molecule has 3 aromatic rings. The van der Waals surface area contributed by atoms with E-state index in [0.29, 0.717) is 39.9 Å². The molecule has 34 heavy (non-hydrogen) atoms. The van der Waals surface area contributed by atoms with Gasteiger partial charge in [0.2, 0.25) is 11.8 Å². The van der Waals surface area contributed by atoms with Gasteiger partial charge in [-0.05, 0) is 74.1 Å². The molecule has 9 heteroatoms. The van der Waals surface area contributed by atoms with Crippen molar-refractivity contribution < 1.29 is 14.1 Å². The number of ether oxygens (including phenoxy) is 1. The quantitative estimate of drug-likeness (QED) is 0.380. The van der Waals surface area contributed by atoms with Crippen LogP contribution in [0.25, 0.3) is 11.0 Å². The van der Waals surface area contributed by atoms with E-state index in [1.54, 1.807) is 29.1 Å². The highest BCUT2D eigenvalue weighted by atomic mass is 35.5. The van der Waals surface area contributed by atoms with Crippen LogP contribution < -0.4 is 14.4 Å². The fourth-order valence-corrected chi connectivity index (χ4v) is 6.27. The van der Waals surface area contributed by atoms with Gasteiger partial charge in [0.1, 0.15) is 5.02 Å². The molecular formula is C25H25ClN4O3S. The first-order valence-corrected chi connectivity index (χ1v) is 13.4. The number of carbonyl (C=O) groups excluding carboxylic acids is 1. The van der Waals surface area contributed by atoms with Crippen LogP contribution in [0.4, 0.5) is 17.2 Å². The fraction of sp³-hybridized carbons (Fsp3) is 0.480. The first-order valence-electron chi connectivity index (χ1n) is 12.1. The molecule has 3 heterocycles. The Bertz CT molecular complexity index is 1300. The van der Waals surface area contributed by atoms with Gasteiger partial charge < -0.3 is 14.0 Å². The summed E-state index contributed by atoms with van der Waals surface area (Å²) in [4.78, 5) is 19.8. The van der Waals surface area contributed by atoms with E-state index >= 15 is 0 Å². The Kier molecular flexibility index (Phi) is 4.78. The van der Waals surface area contributed by atoms with E-state index in [1.807, 2.05) is 6.07 Å². The van der Waals surface area contributed by atoms with Crippen molar-refractivity contribution >= 4 is 57.6 Å². The van der Waals surface area contributed by atoms with Crippen LogP contribution in [0.15, 0.2) is 28.9 Å². The Morgan fingerprint density at radius 3 is 2.76 bits per heavy atom. The molecular weight excluding hydrogens is 472 g/mol. The number of halogens is 1. The van der Waals surface area contributed by atoms with Gasteiger partial charge in [-0.15, -0.1) is 0 Å². The lowest BCUT2D eigenvalue weighted by atomic mass is 9.96. The molecule has 3 fully saturated rings. The van der Waals surface area contributed by atoms with Crippen molar-refractivity contribution in [2.24, 2.45) is 5.92 Å². The van der Waals surface area contributed by atoms with Gasteiger partial charge in [-0.3, -0.25) is 9.69 Å². The summed E-state index contributed by atoms with van der Waals surface area (Å²) in [5.41, 5.74) is 2.69. The highest BCUT2D eigenvalue weighted by Gasteiger charge is 2.60. The van der Waals surface area contributed by atoms with E-state index in [1.165, 1.54) is 38.5 Å². The number of nitrogens with one attached hydrogen (secondary N) is 1. The number of carbonyl (C=O) groups is 1. The van der Waals surface area contributed by atoms with Crippen molar-refractivity contribution in [1.29, 1.82) is 0 Å². The van der Waals surface area contributed by atoms with Crippen molar-refractivity contribution in [2.75, 3.05) is 16.2 Å². The van der Waals surface area contributed by atoms with Crippen LogP contribution in [0.2, 0.25) is 5.02 Å². The molecule has 3 aliphatic carbocycles. The summed E-state index contributed by atoms with van der Waals surface area (Å²) >= 11 is 8.25. The molecule has 1 amide bonds. The Hall–Kier alpha value is -2.45. The van der Waals surface area contributed by atoms with Gasteiger partial charge >= 0.3 is 0 Å². The summed E-state index contributed by atoms with van der Waals surface area (Å²) in [5.74, 6) is 1.80. The Morgan fingerprint density at radius 2 is 2.03 bits per heavy atom. The lowest BCUT2D eigenvalue weighted by molar-refractivity contribution is -0.119. The van der Waals surface area contributed by atoms with Crippen molar-refractivity contribution in [2.45, 2.75) is 62.0 Å². The van der Waals surface area contributed by atoms with Crippen LogP contribution in [0.3, 0.4) is 0 Å². The van der Waals surface area contributed by atoms with Crippen molar-refractivity contribution in [1.82, 2.24) is 10.1 Å². The second kappa shape index (κ2) is 7.78. The Labute approximate surface area is 206 Å². The van der Waals surface area contributed by atoms with Crippen molar-refractivity contribution in [3.63, 3.8) is 0 Å². The van der Waals surface area contributed by atoms with Gasteiger partial charge in [0.25, 0.3) is 0 Å². The molecule has 0 unspecified atom stereocenters. The molecule has 7 rings (SSSR count). The molecule has 2 aromatic heterocycles. The van der Waals surface area contributed by atoms with E-state index in [4.69, 9.17) is 20.9 Å². The molecule has 1 aromatic carbocycles. The third-order valence-corrected chi connectivity index (χ3v) is 8.92. The lowest BCUT2D eigenvalue weighted by Gasteiger charge is -2.19. The van der Waals surface area contributed by atoms with Gasteiger partial charge in [0, 0.05) is 11.3 Å². The summed E-state index contributed by atoms with van der Waals surface area (Å²) in [7, 11) is 0. The minimum Gasteiger partial charge on any atom is -0.476 e. The smallest absolute Gasteiger partial charge is 0.242 e. The average Bonchev–Trinajstić information content (AvgIpc) is 3.72. The van der Waals surface area contributed by atoms with E-state index in [9.17, 15) is 4.79 Å². The number of amides is 1. The number of fused-ring (bicyclic) bond motifs is 3. The molecule has 0 atom stereocenters. The summed E-state index contributed by atoms with van der Waals surface area (Å²) in [6.45, 7) is 0.638. The SMILES string of the molecule is O=C1N(c2cnc(OCC3CCCC3)c(Cl)c2)c2cc3onc(NSC4CC4)c3cc2C12CC2. The summed E-state index contributed by atoms with van der Waals surface area (Å²) in [5, 5.41) is 6.23. The van der Waals surface area contributed by atoms with Crippen LogP contribution in [0, 0.1) is 5.92 Å². The average molecular weight is 497 g/mol. The number of rotatable bonds is 7. The predicted octanol–water partition coefficient (Wildman–Crippen LogP) is 6.38. The van der Waals surface area contributed by atoms with Gasteiger partial charge in [0.05, 0.1) is 35.0 Å². The molecule has 7 nitrogen and oxygen atoms in total. The van der Waals surface area contributed by atoms with Crippen LogP contribution in [-0.4, -0.2) is 27.9 Å². The maximum absolute atomic E-state index is 13.6. The van der Waals surface area contributed by atoms with E-state index in [-0.39, 0.29) is 5.91 Å². The predicted molar refractivity (Wildman–Crippen MR) is 133 cm³/mol. The van der Waals surface area contributed by atoms with E-state index in [0.717, 1.165) is 35.3 Å². The molecule has 1 N–H and O–H groups in total. The van der Waals surface area contributed by atoms with Crippen molar-refractivity contribution in [3.8, 4) is 5.88 Å². The fourth-order valence-electron chi connectivity index (χ4n) is 5.26. The third-order valence-electron chi connectivity index (χ3n) is 7.54. The van der Waals surface area contributed by atoms with Gasteiger partial charge in [-0.25, -0.2) is 4.98 Å².